The van der Waals surface area contributed by atoms with Crippen molar-refractivity contribution in [1.82, 2.24) is 0 Å². The number of ether oxygens (including phenoxy) is 1. The molecule has 0 fully saturated rings. The Morgan fingerprint density at radius 1 is 0.875 bits per heavy atom. The Balaban J connectivity index is 1.58. The zero-order valence-electron chi connectivity index (χ0n) is 17.3. The van der Waals surface area contributed by atoms with E-state index in [0.29, 0.717) is 39.3 Å². The van der Waals surface area contributed by atoms with E-state index in [1.54, 1.807) is 37.4 Å². The van der Waals surface area contributed by atoms with Gasteiger partial charge in [0, 0.05) is 28.0 Å². The summed E-state index contributed by atoms with van der Waals surface area (Å²) in [6, 6.07) is 28.1. The summed E-state index contributed by atoms with van der Waals surface area (Å²) in [6.45, 7) is 0. The number of hydrogen-bond donors (Lipinski definition) is 1. The molecule has 0 atom stereocenters. The van der Waals surface area contributed by atoms with Crippen LogP contribution < -0.4 is 10.1 Å². The lowest BCUT2D eigenvalue weighted by molar-refractivity contribution is 0.102. The number of methoxy groups -OCH3 is 1. The summed E-state index contributed by atoms with van der Waals surface area (Å²) in [6.07, 6.45) is 0. The lowest BCUT2D eigenvalue weighted by Crippen LogP contribution is -2.14. The molecule has 0 aliphatic carbocycles. The SMILES string of the molecule is COc1cc2c(cc1NC(=O)c1ccccc1-c1ccccc1C#N)oc1ccccc12. The number of anilines is 1. The van der Waals surface area contributed by atoms with Crippen molar-refractivity contribution in [2.24, 2.45) is 0 Å². The van der Waals surface area contributed by atoms with Gasteiger partial charge in [0.1, 0.15) is 16.9 Å². The molecule has 5 heteroatoms. The number of hydrogen-bond acceptors (Lipinski definition) is 4. The van der Waals surface area contributed by atoms with Gasteiger partial charge in [-0.15, -0.1) is 0 Å². The van der Waals surface area contributed by atoms with Crippen molar-refractivity contribution >= 4 is 33.5 Å². The molecule has 5 aromatic rings. The monoisotopic (exact) mass is 418 g/mol. The molecule has 0 spiro atoms. The molecule has 0 saturated carbocycles. The highest BCUT2D eigenvalue weighted by atomic mass is 16.5. The predicted octanol–water partition coefficient (Wildman–Crippen LogP) is 6.39. The second-order valence-electron chi connectivity index (χ2n) is 7.30. The second-order valence-corrected chi connectivity index (χ2v) is 7.30. The number of carbonyl (C=O) groups is 1. The third kappa shape index (κ3) is 3.24. The van der Waals surface area contributed by atoms with Crippen molar-refractivity contribution in [2.75, 3.05) is 12.4 Å². The average molecular weight is 418 g/mol. The highest BCUT2D eigenvalue weighted by Gasteiger charge is 2.18. The molecule has 0 radical (unpaired) electrons. The van der Waals surface area contributed by atoms with Crippen molar-refractivity contribution in [3.63, 3.8) is 0 Å². The van der Waals surface area contributed by atoms with E-state index in [4.69, 9.17) is 9.15 Å². The van der Waals surface area contributed by atoms with Crippen LogP contribution in [0, 0.1) is 11.3 Å². The van der Waals surface area contributed by atoms with E-state index in [0.717, 1.165) is 16.4 Å². The maximum Gasteiger partial charge on any atom is 0.256 e. The van der Waals surface area contributed by atoms with Crippen LogP contribution in [0.1, 0.15) is 15.9 Å². The number of furan rings is 1. The van der Waals surface area contributed by atoms with Crippen LogP contribution in [0.5, 0.6) is 5.75 Å². The minimum absolute atomic E-state index is 0.304. The van der Waals surface area contributed by atoms with E-state index in [9.17, 15) is 10.1 Å². The highest BCUT2D eigenvalue weighted by Crippen LogP contribution is 2.37. The number of benzene rings is 4. The van der Waals surface area contributed by atoms with Gasteiger partial charge in [0.05, 0.1) is 24.4 Å². The van der Waals surface area contributed by atoms with E-state index in [2.05, 4.69) is 11.4 Å². The fourth-order valence-electron chi connectivity index (χ4n) is 3.94. The standard InChI is InChI=1S/C27H18N2O3/c1-31-26-14-22-20-11-6-7-13-24(20)32-25(22)15-23(26)29-27(30)21-12-5-4-10-19(21)18-9-3-2-8-17(18)16-28/h2-15H,1H3,(H,29,30). The first-order chi connectivity index (χ1) is 15.7. The van der Waals surface area contributed by atoms with Crippen molar-refractivity contribution in [1.29, 1.82) is 5.26 Å². The summed E-state index contributed by atoms with van der Waals surface area (Å²) in [7, 11) is 1.57. The van der Waals surface area contributed by atoms with Crippen molar-refractivity contribution in [3.05, 3.63) is 96.1 Å². The number of nitrogens with one attached hydrogen (secondary N) is 1. The lowest BCUT2D eigenvalue weighted by atomic mass is 9.95. The minimum Gasteiger partial charge on any atom is -0.495 e. The van der Waals surface area contributed by atoms with E-state index < -0.39 is 0 Å². The van der Waals surface area contributed by atoms with E-state index >= 15 is 0 Å². The molecule has 5 rings (SSSR count). The van der Waals surface area contributed by atoms with Crippen LogP contribution in [0.25, 0.3) is 33.1 Å². The third-order valence-electron chi connectivity index (χ3n) is 5.46. The Bertz CT molecular complexity index is 1530. The van der Waals surface area contributed by atoms with Gasteiger partial charge < -0.3 is 14.5 Å². The number of fused-ring (bicyclic) bond motifs is 3. The molecule has 1 N–H and O–H groups in total. The summed E-state index contributed by atoms with van der Waals surface area (Å²) < 4.78 is 11.5. The molecule has 0 saturated heterocycles. The maximum atomic E-state index is 13.3. The van der Waals surface area contributed by atoms with Gasteiger partial charge in [0.25, 0.3) is 5.91 Å². The Labute approximate surface area is 184 Å². The van der Waals surface area contributed by atoms with Crippen LogP contribution in [0.4, 0.5) is 5.69 Å². The van der Waals surface area contributed by atoms with E-state index in [1.807, 2.05) is 54.6 Å². The quantitative estimate of drug-likeness (QED) is 0.367. The molecule has 4 aromatic carbocycles. The Morgan fingerprint density at radius 3 is 2.41 bits per heavy atom. The Kier molecular flexibility index (Phi) is 4.81. The molecular formula is C27H18N2O3. The van der Waals surface area contributed by atoms with Gasteiger partial charge in [-0.05, 0) is 29.8 Å². The first-order valence-corrected chi connectivity index (χ1v) is 10.1. The number of nitriles is 1. The minimum atomic E-state index is -0.304. The summed E-state index contributed by atoms with van der Waals surface area (Å²) in [5.74, 6) is 0.231. The third-order valence-corrected chi connectivity index (χ3v) is 5.46. The fraction of sp³-hybridized carbons (Fsp3) is 0.0370. The smallest absolute Gasteiger partial charge is 0.256 e. The summed E-state index contributed by atoms with van der Waals surface area (Å²) in [5.41, 5.74) is 4.30. The molecule has 0 aliphatic rings. The van der Waals surface area contributed by atoms with Crippen LogP contribution in [-0.4, -0.2) is 13.0 Å². The molecule has 154 valence electrons. The number of carbonyl (C=O) groups excluding carboxylic acids is 1. The summed E-state index contributed by atoms with van der Waals surface area (Å²) in [4.78, 5) is 13.3. The Morgan fingerprint density at radius 2 is 1.59 bits per heavy atom. The molecule has 0 unspecified atom stereocenters. The maximum absolute atomic E-state index is 13.3. The first kappa shape index (κ1) is 19.4. The molecule has 1 heterocycles. The average Bonchev–Trinajstić information content (AvgIpc) is 3.20. The number of amides is 1. The summed E-state index contributed by atoms with van der Waals surface area (Å²) >= 11 is 0. The molecule has 0 bridgehead atoms. The molecule has 0 aliphatic heterocycles. The predicted molar refractivity (Wildman–Crippen MR) is 125 cm³/mol. The van der Waals surface area contributed by atoms with Crippen LogP contribution in [0.2, 0.25) is 0 Å². The number of rotatable bonds is 4. The van der Waals surface area contributed by atoms with Gasteiger partial charge in [0.2, 0.25) is 0 Å². The van der Waals surface area contributed by atoms with Crippen molar-refractivity contribution in [3.8, 4) is 22.9 Å². The molecule has 1 aromatic heterocycles. The van der Waals surface area contributed by atoms with Crippen LogP contribution >= 0.6 is 0 Å². The Hall–Kier alpha value is -4.56. The zero-order valence-corrected chi connectivity index (χ0v) is 17.3. The van der Waals surface area contributed by atoms with Gasteiger partial charge >= 0.3 is 0 Å². The van der Waals surface area contributed by atoms with Gasteiger partial charge in [-0.1, -0.05) is 54.6 Å². The van der Waals surface area contributed by atoms with Crippen molar-refractivity contribution in [2.45, 2.75) is 0 Å². The normalized spacial score (nSPS) is 10.8. The van der Waals surface area contributed by atoms with Gasteiger partial charge in [0.15, 0.2) is 0 Å². The topological polar surface area (TPSA) is 75.3 Å². The highest BCUT2D eigenvalue weighted by molar-refractivity contribution is 6.12. The lowest BCUT2D eigenvalue weighted by Gasteiger charge is -2.13. The second kappa shape index (κ2) is 7.93. The number of nitrogens with zero attached hydrogens (tertiary/aromatic N) is 1. The van der Waals surface area contributed by atoms with E-state index in [1.165, 1.54) is 0 Å². The number of para-hydroxylation sites is 1. The largest absolute Gasteiger partial charge is 0.495 e. The van der Waals surface area contributed by atoms with Crippen LogP contribution in [0.15, 0.2) is 89.3 Å². The van der Waals surface area contributed by atoms with Gasteiger partial charge in [-0.3, -0.25) is 4.79 Å². The van der Waals surface area contributed by atoms with Gasteiger partial charge in [-0.25, -0.2) is 0 Å². The molecule has 1 amide bonds. The van der Waals surface area contributed by atoms with E-state index in [-0.39, 0.29) is 5.91 Å². The van der Waals surface area contributed by atoms with Crippen LogP contribution in [-0.2, 0) is 0 Å². The molecule has 32 heavy (non-hydrogen) atoms. The summed E-state index contributed by atoms with van der Waals surface area (Å²) in [5, 5.41) is 14.3. The molecular weight excluding hydrogens is 400 g/mol. The zero-order chi connectivity index (χ0) is 22.1. The van der Waals surface area contributed by atoms with Crippen molar-refractivity contribution < 1.29 is 13.9 Å². The molecule has 5 nitrogen and oxygen atoms in total. The van der Waals surface area contributed by atoms with Gasteiger partial charge in [-0.2, -0.15) is 5.26 Å². The van der Waals surface area contributed by atoms with Crippen LogP contribution in [0.3, 0.4) is 0 Å². The fourth-order valence-corrected chi connectivity index (χ4v) is 3.94. The first-order valence-electron chi connectivity index (χ1n) is 10.1.